The first-order valence-corrected chi connectivity index (χ1v) is 8.18. The second kappa shape index (κ2) is 5.64. The molecule has 21 heavy (non-hydrogen) atoms. The lowest BCUT2D eigenvalue weighted by Gasteiger charge is -2.21. The SMILES string of the molecule is c1ccc(-c2[nH]ncc2CNCC2CC3CCC2C3)cc1. The molecule has 1 heterocycles. The highest BCUT2D eigenvalue weighted by molar-refractivity contribution is 5.62. The summed E-state index contributed by atoms with van der Waals surface area (Å²) in [6.07, 6.45) is 7.86. The average Bonchev–Trinajstić information content (AvgIpc) is 3.24. The normalized spacial score (nSPS) is 27.3. The third kappa shape index (κ3) is 2.62. The van der Waals surface area contributed by atoms with Crippen molar-refractivity contribution in [3.05, 3.63) is 42.1 Å². The number of hydrogen-bond donors (Lipinski definition) is 2. The standard InChI is InChI=1S/C18H23N3/c1-2-4-14(5-3-1)18-17(12-20-21-18)11-19-10-16-9-13-6-7-15(16)8-13/h1-5,12-13,15-16,19H,6-11H2,(H,20,21). The number of aromatic amines is 1. The van der Waals surface area contributed by atoms with E-state index in [1.807, 2.05) is 12.3 Å². The van der Waals surface area contributed by atoms with E-state index in [0.29, 0.717) is 0 Å². The van der Waals surface area contributed by atoms with E-state index < -0.39 is 0 Å². The minimum absolute atomic E-state index is 0.911. The summed E-state index contributed by atoms with van der Waals surface area (Å²) < 4.78 is 0. The lowest BCUT2D eigenvalue weighted by molar-refractivity contribution is 0.318. The number of fused-ring (bicyclic) bond motifs is 2. The van der Waals surface area contributed by atoms with Crippen molar-refractivity contribution in [3.63, 3.8) is 0 Å². The maximum atomic E-state index is 4.22. The lowest BCUT2D eigenvalue weighted by Crippen LogP contribution is -2.26. The average molecular weight is 281 g/mol. The molecule has 3 unspecified atom stereocenters. The number of benzene rings is 1. The number of hydrogen-bond acceptors (Lipinski definition) is 2. The molecule has 1 aromatic heterocycles. The molecule has 110 valence electrons. The Morgan fingerprint density at radius 1 is 1.14 bits per heavy atom. The largest absolute Gasteiger partial charge is 0.312 e. The summed E-state index contributed by atoms with van der Waals surface area (Å²) >= 11 is 0. The smallest absolute Gasteiger partial charge is 0.0695 e. The van der Waals surface area contributed by atoms with Gasteiger partial charge >= 0.3 is 0 Å². The lowest BCUT2D eigenvalue weighted by atomic mass is 9.89. The number of nitrogens with zero attached hydrogens (tertiary/aromatic N) is 1. The minimum Gasteiger partial charge on any atom is -0.312 e. The van der Waals surface area contributed by atoms with Crippen LogP contribution in [0.25, 0.3) is 11.3 Å². The van der Waals surface area contributed by atoms with Gasteiger partial charge in [-0.15, -0.1) is 0 Å². The molecule has 0 saturated heterocycles. The molecule has 0 spiro atoms. The Balaban J connectivity index is 1.37. The molecule has 0 radical (unpaired) electrons. The third-order valence-corrected chi connectivity index (χ3v) is 5.39. The van der Waals surface area contributed by atoms with Crippen molar-refractivity contribution in [1.29, 1.82) is 0 Å². The molecular weight excluding hydrogens is 258 g/mol. The quantitative estimate of drug-likeness (QED) is 0.879. The van der Waals surface area contributed by atoms with Crippen LogP contribution in [0.3, 0.4) is 0 Å². The van der Waals surface area contributed by atoms with Gasteiger partial charge in [-0.2, -0.15) is 5.10 Å². The van der Waals surface area contributed by atoms with Gasteiger partial charge in [0.15, 0.2) is 0 Å². The topological polar surface area (TPSA) is 40.7 Å². The van der Waals surface area contributed by atoms with E-state index in [2.05, 4.69) is 39.8 Å². The first-order chi connectivity index (χ1) is 10.4. The van der Waals surface area contributed by atoms with Gasteiger partial charge in [0.2, 0.25) is 0 Å². The van der Waals surface area contributed by atoms with Crippen LogP contribution in [-0.2, 0) is 6.54 Å². The molecule has 2 aliphatic carbocycles. The highest BCUT2D eigenvalue weighted by Crippen LogP contribution is 2.47. The maximum Gasteiger partial charge on any atom is 0.0695 e. The molecule has 4 rings (SSSR count). The minimum atomic E-state index is 0.911. The predicted octanol–water partition coefficient (Wildman–Crippen LogP) is 3.60. The molecule has 2 bridgehead atoms. The Morgan fingerprint density at radius 2 is 2.05 bits per heavy atom. The zero-order valence-corrected chi connectivity index (χ0v) is 12.4. The highest BCUT2D eigenvalue weighted by atomic mass is 15.1. The molecule has 0 amide bonds. The number of nitrogens with one attached hydrogen (secondary N) is 2. The highest BCUT2D eigenvalue weighted by Gasteiger charge is 2.38. The first-order valence-electron chi connectivity index (χ1n) is 8.18. The fourth-order valence-electron chi connectivity index (χ4n) is 4.32. The monoisotopic (exact) mass is 281 g/mol. The fourth-order valence-corrected chi connectivity index (χ4v) is 4.32. The zero-order chi connectivity index (χ0) is 14.1. The maximum absolute atomic E-state index is 4.22. The molecular formula is C18H23N3. The first kappa shape index (κ1) is 13.1. The summed E-state index contributed by atoms with van der Waals surface area (Å²) in [5.41, 5.74) is 3.63. The van der Waals surface area contributed by atoms with Crippen LogP contribution in [0.1, 0.15) is 31.2 Å². The van der Waals surface area contributed by atoms with Crippen LogP contribution >= 0.6 is 0 Å². The summed E-state index contributed by atoms with van der Waals surface area (Å²) in [5, 5.41) is 11.0. The molecule has 0 aliphatic heterocycles. The van der Waals surface area contributed by atoms with Crippen LogP contribution in [0.15, 0.2) is 36.5 Å². The van der Waals surface area contributed by atoms with Crippen molar-refractivity contribution in [3.8, 4) is 11.3 Å². The summed E-state index contributed by atoms with van der Waals surface area (Å²) in [5.74, 6) is 2.95. The zero-order valence-electron chi connectivity index (χ0n) is 12.4. The van der Waals surface area contributed by atoms with Crippen LogP contribution in [0.5, 0.6) is 0 Å². The molecule has 3 heteroatoms. The summed E-state index contributed by atoms with van der Waals surface area (Å²) in [7, 11) is 0. The molecule has 2 fully saturated rings. The van der Waals surface area contributed by atoms with Crippen molar-refractivity contribution >= 4 is 0 Å². The number of aromatic nitrogens is 2. The van der Waals surface area contributed by atoms with Gasteiger partial charge in [-0.1, -0.05) is 36.8 Å². The van der Waals surface area contributed by atoms with Crippen LogP contribution < -0.4 is 5.32 Å². The van der Waals surface area contributed by atoms with E-state index in [1.165, 1.54) is 43.4 Å². The van der Waals surface area contributed by atoms with Gasteiger partial charge in [0.05, 0.1) is 11.9 Å². The van der Waals surface area contributed by atoms with Crippen molar-refractivity contribution in [2.45, 2.75) is 32.2 Å². The van der Waals surface area contributed by atoms with E-state index in [9.17, 15) is 0 Å². The molecule has 2 aliphatic rings. The second-order valence-electron chi connectivity index (χ2n) is 6.70. The van der Waals surface area contributed by atoms with Gasteiger partial charge in [0.1, 0.15) is 0 Å². The van der Waals surface area contributed by atoms with E-state index in [0.717, 1.165) is 30.0 Å². The predicted molar refractivity (Wildman–Crippen MR) is 84.7 cm³/mol. The van der Waals surface area contributed by atoms with Crippen LogP contribution in [-0.4, -0.2) is 16.7 Å². The van der Waals surface area contributed by atoms with Gasteiger partial charge in [-0.25, -0.2) is 0 Å². The van der Waals surface area contributed by atoms with Crippen molar-refractivity contribution in [1.82, 2.24) is 15.5 Å². The van der Waals surface area contributed by atoms with Gasteiger partial charge in [-0.3, -0.25) is 5.10 Å². The van der Waals surface area contributed by atoms with Crippen LogP contribution in [0, 0.1) is 17.8 Å². The number of rotatable bonds is 5. The van der Waals surface area contributed by atoms with Gasteiger partial charge in [0, 0.05) is 12.1 Å². The summed E-state index contributed by atoms with van der Waals surface area (Å²) in [6, 6.07) is 10.5. The van der Waals surface area contributed by atoms with Crippen molar-refractivity contribution in [2.24, 2.45) is 17.8 Å². The van der Waals surface area contributed by atoms with Gasteiger partial charge < -0.3 is 5.32 Å². The van der Waals surface area contributed by atoms with Gasteiger partial charge in [0.25, 0.3) is 0 Å². The molecule has 2 saturated carbocycles. The Bertz CT molecular complexity index is 590. The van der Waals surface area contributed by atoms with Gasteiger partial charge in [-0.05, 0) is 49.1 Å². The molecule has 2 aromatic rings. The fraction of sp³-hybridized carbons (Fsp3) is 0.500. The Hall–Kier alpha value is -1.61. The molecule has 3 nitrogen and oxygen atoms in total. The van der Waals surface area contributed by atoms with Crippen LogP contribution in [0.4, 0.5) is 0 Å². The Kier molecular flexibility index (Phi) is 3.52. The molecule has 3 atom stereocenters. The van der Waals surface area contributed by atoms with Crippen molar-refractivity contribution < 1.29 is 0 Å². The van der Waals surface area contributed by atoms with Crippen molar-refractivity contribution in [2.75, 3.05) is 6.54 Å². The summed E-state index contributed by atoms with van der Waals surface area (Å²) in [4.78, 5) is 0. The number of H-pyrrole nitrogens is 1. The molecule has 2 N–H and O–H groups in total. The van der Waals surface area contributed by atoms with E-state index in [1.54, 1.807) is 0 Å². The third-order valence-electron chi connectivity index (χ3n) is 5.39. The second-order valence-corrected chi connectivity index (χ2v) is 6.70. The van der Waals surface area contributed by atoms with E-state index in [4.69, 9.17) is 0 Å². The van der Waals surface area contributed by atoms with E-state index in [-0.39, 0.29) is 0 Å². The summed E-state index contributed by atoms with van der Waals surface area (Å²) in [6.45, 7) is 2.08. The van der Waals surface area contributed by atoms with Crippen LogP contribution in [0.2, 0.25) is 0 Å². The Labute approximate surface area is 126 Å². The molecule has 1 aromatic carbocycles. The Morgan fingerprint density at radius 3 is 2.81 bits per heavy atom. The van der Waals surface area contributed by atoms with E-state index >= 15 is 0 Å².